The van der Waals surface area contributed by atoms with Gasteiger partial charge in [0.05, 0.1) is 38.6 Å². The minimum atomic E-state index is -1.97. The minimum Gasteiger partial charge on any atom is -0.394 e. The predicted octanol–water partition coefficient (Wildman–Crippen LogP) is 9.22. The summed E-state index contributed by atoms with van der Waals surface area (Å²) in [4.78, 5) is 13.4. The highest BCUT2D eigenvalue weighted by atomic mass is 16.8. The molecule has 19 nitrogen and oxygen atoms in total. The molecule has 0 radical (unpaired) electrons. The van der Waals surface area contributed by atoms with Crippen LogP contribution in [0.15, 0.2) is 36.5 Å². The normalized spacial score (nSPS) is 28.6. The number of ether oxygens (including phenoxy) is 6. The first-order valence-corrected chi connectivity index (χ1v) is 35.2. The van der Waals surface area contributed by atoms with Crippen LogP contribution >= 0.6 is 0 Å². The lowest BCUT2D eigenvalue weighted by Gasteiger charge is -2.48. The summed E-state index contributed by atoms with van der Waals surface area (Å²) in [7, 11) is 0. The molecule has 0 aromatic heterocycles. The van der Waals surface area contributed by atoms with Crippen LogP contribution in [0.3, 0.4) is 0 Å². The molecule has 0 bridgehead atoms. The number of aliphatic hydroxyl groups excluding tert-OH is 11. The highest BCUT2D eigenvalue weighted by Gasteiger charge is 2.53. The molecule has 0 aromatic rings. The highest BCUT2D eigenvalue weighted by Crippen LogP contribution is 2.33. The maximum atomic E-state index is 13.4. The van der Waals surface area contributed by atoms with Gasteiger partial charge in [-0.25, -0.2) is 0 Å². The minimum absolute atomic E-state index is 0.243. The third-order valence-corrected chi connectivity index (χ3v) is 17.7. The van der Waals surface area contributed by atoms with Crippen molar-refractivity contribution in [3.8, 4) is 0 Å². The fourth-order valence-corrected chi connectivity index (χ4v) is 12.0. The van der Waals surface area contributed by atoms with Gasteiger partial charge in [0.15, 0.2) is 18.9 Å². The molecule has 17 unspecified atom stereocenters. The van der Waals surface area contributed by atoms with Gasteiger partial charge >= 0.3 is 0 Å². The molecule has 3 aliphatic heterocycles. The summed E-state index contributed by atoms with van der Waals surface area (Å²) in [6.07, 6.45) is 32.2. The van der Waals surface area contributed by atoms with Crippen molar-refractivity contribution in [1.82, 2.24) is 5.32 Å². The number of carbonyl (C=O) groups is 1. The van der Waals surface area contributed by atoms with Gasteiger partial charge in [-0.3, -0.25) is 4.79 Å². The zero-order valence-electron chi connectivity index (χ0n) is 54.5. The van der Waals surface area contributed by atoms with E-state index >= 15 is 0 Å². The molecule has 19 heteroatoms. The monoisotopic (exact) mass is 1260 g/mol. The Morgan fingerprint density at radius 1 is 0.409 bits per heavy atom. The van der Waals surface area contributed by atoms with Gasteiger partial charge in [0.25, 0.3) is 0 Å². The number of amides is 1. The number of hydrogen-bond acceptors (Lipinski definition) is 18. The molecule has 0 aliphatic carbocycles. The summed E-state index contributed by atoms with van der Waals surface area (Å²) in [5.41, 5.74) is 0. The molecular formula is C69H127NO18. The summed E-state index contributed by atoms with van der Waals surface area (Å²) in [6.45, 7) is 1.80. The first-order chi connectivity index (χ1) is 42.8. The Labute approximate surface area is 530 Å². The number of carbonyl (C=O) groups excluding carboxylic acids is 1. The van der Waals surface area contributed by atoms with Gasteiger partial charge in [0.2, 0.25) is 5.91 Å². The van der Waals surface area contributed by atoms with Gasteiger partial charge in [0, 0.05) is 6.42 Å². The largest absolute Gasteiger partial charge is 0.394 e. The van der Waals surface area contributed by atoms with Crippen LogP contribution in [0, 0.1) is 0 Å². The number of hydrogen-bond donors (Lipinski definition) is 12. The summed E-state index contributed by atoms with van der Waals surface area (Å²) >= 11 is 0. The smallest absolute Gasteiger partial charge is 0.220 e. The summed E-state index contributed by atoms with van der Waals surface area (Å²) in [5.74, 6) is -0.243. The molecule has 0 saturated carbocycles. The standard InChI is InChI=1S/C69H127NO18/c1-3-5-7-9-11-13-15-17-19-21-22-23-24-25-26-27-28-29-30-31-33-35-37-39-41-43-45-47-57(75)70-52(53(74)46-44-42-40-38-36-34-32-20-18-16-14-12-10-8-6-4-2)51-83-67-63(81)60(78)65(55(49-72)85-67)88-69-64(82)61(79)66(56(50-73)86-69)87-68-62(80)59(77)58(76)54(48-71)84-68/h15,17,21-22,24-25,52-56,58-69,71-74,76-82H,3-14,16,18-20,23,26-51H2,1-2H3,(H,70,75)/b17-15-,22-21-,25-24-. The fraction of sp³-hybridized carbons (Fsp3) is 0.899. The van der Waals surface area contributed by atoms with Gasteiger partial charge in [0.1, 0.15) is 73.2 Å². The molecule has 0 spiro atoms. The van der Waals surface area contributed by atoms with Crippen molar-refractivity contribution in [2.75, 3.05) is 26.4 Å². The van der Waals surface area contributed by atoms with E-state index in [1.165, 1.54) is 167 Å². The van der Waals surface area contributed by atoms with Gasteiger partial charge < -0.3 is 89.9 Å². The molecule has 12 N–H and O–H groups in total. The van der Waals surface area contributed by atoms with E-state index in [9.17, 15) is 61.0 Å². The van der Waals surface area contributed by atoms with Crippen LogP contribution in [-0.2, 0) is 33.2 Å². The Morgan fingerprint density at radius 2 is 0.750 bits per heavy atom. The molecular weight excluding hydrogens is 1130 g/mol. The van der Waals surface area contributed by atoms with Gasteiger partial charge in [-0.15, -0.1) is 0 Å². The number of unbranched alkanes of at least 4 members (excludes halogenated alkanes) is 32. The summed E-state index contributed by atoms with van der Waals surface area (Å²) in [5, 5.41) is 121. The maximum absolute atomic E-state index is 13.4. The van der Waals surface area contributed by atoms with Gasteiger partial charge in [-0.2, -0.15) is 0 Å². The summed E-state index contributed by atoms with van der Waals surface area (Å²) < 4.78 is 34.4. The molecule has 0 aromatic carbocycles. The number of aliphatic hydroxyl groups is 11. The molecule has 516 valence electrons. The Balaban J connectivity index is 1.41. The van der Waals surface area contributed by atoms with Crippen molar-refractivity contribution in [2.24, 2.45) is 0 Å². The number of nitrogens with one attached hydrogen (secondary N) is 1. The van der Waals surface area contributed by atoms with Crippen molar-refractivity contribution in [3.63, 3.8) is 0 Å². The molecule has 3 saturated heterocycles. The lowest BCUT2D eigenvalue weighted by molar-refractivity contribution is -0.379. The van der Waals surface area contributed by atoms with Gasteiger partial charge in [-0.05, 0) is 51.4 Å². The second-order valence-electron chi connectivity index (χ2n) is 25.3. The molecule has 3 heterocycles. The van der Waals surface area contributed by atoms with E-state index < -0.39 is 124 Å². The Morgan fingerprint density at radius 3 is 1.17 bits per heavy atom. The lowest BCUT2D eigenvalue weighted by Crippen LogP contribution is -2.66. The van der Waals surface area contributed by atoms with Crippen LogP contribution in [-0.4, -0.2) is 193 Å². The number of rotatable bonds is 54. The van der Waals surface area contributed by atoms with Crippen molar-refractivity contribution in [2.45, 2.75) is 369 Å². The van der Waals surface area contributed by atoms with Crippen LogP contribution < -0.4 is 5.32 Å². The van der Waals surface area contributed by atoms with E-state index in [1.54, 1.807) is 0 Å². The van der Waals surface area contributed by atoms with Crippen molar-refractivity contribution >= 4 is 5.91 Å². The van der Waals surface area contributed by atoms with Crippen LogP contribution in [0.2, 0.25) is 0 Å². The highest BCUT2D eigenvalue weighted by molar-refractivity contribution is 5.76. The Hall–Kier alpha value is -1.99. The van der Waals surface area contributed by atoms with E-state index in [2.05, 4.69) is 55.6 Å². The van der Waals surface area contributed by atoms with Crippen LogP contribution in [0.25, 0.3) is 0 Å². The SMILES string of the molecule is CCCCCCC/C=C\C/C=C\C/C=C\CCCCCCCCCCCCCCC(=O)NC(COC1OC(CO)C(OC2OC(CO)C(OC3OC(CO)C(O)C(O)C3O)C(O)C2O)C(O)C1O)C(O)CCCCCCCCCCCCCCCCCC. The van der Waals surface area contributed by atoms with E-state index in [4.69, 9.17) is 28.4 Å². The van der Waals surface area contributed by atoms with Gasteiger partial charge in [-0.1, -0.05) is 243 Å². The molecule has 17 atom stereocenters. The fourth-order valence-electron chi connectivity index (χ4n) is 12.0. The Bertz CT molecular complexity index is 1740. The van der Waals surface area contributed by atoms with Crippen molar-refractivity contribution < 1.29 is 89.4 Å². The van der Waals surface area contributed by atoms with E-state index in [0.29, 0.717) is 12.8 Å². The molecule has 3 aliphatic rings. The number of allylic oxidation sites excluding steroid dienone is 6. The van der Waals surface area contributed by atoms with Crippen LogP contribution in [0.4, 0.5) is 0 Å². The topological polar surface area (TPSA) is 307 Å². The lowest BCUT2D eigenvalue weighted by atomic mass is 9.96. The third-order valence-electron chi connectivity index (χ3n) is 17.7. The molecule has 3 fully saturated rings. The second-order valence-corrected chi connectivity index (χ2v) is 25.3. The van der Waals surface area contributed by atoms with Crippen molar-refractivity contribution in [1.29, 1.82) is 0 Å². The van der Waals surface area contributed by atoms with Crippen LogP contribution in [0.1, 0.15) is 264 Å². The maximum Gasteiger partial charge on any atom is 0.220 e. The first-order valence-electron chi connectivity index (χ1n) is 35.2. The van der Waals surface area contributed by atoms with E-state index in [1.807, 2.05) is 0 Å². The molecule has 1 amide bonds. The zero-order chi connectivity index (χ0) is 64.0. The zero-order valence-corrected chi connectivity index (χ0v) is 54.5. The Kier molecular flexibility index (Phi) is 46.9. The van der Waals surface area contributed by atoms with E-state index in [-0.39, 0.29) is 18.9 Å². The first kappa shape index (κ1) is 80.2. The average molecular weight is 1260 g/mol. The summed E-state index contributed by atoms with van der Waals surface area (Å²) in [6, 6.07) is -0.888. The predicted molar refractivity (Wildman–Crippen MR) is 342 cm³/mol. The van der Waals surface area contributed by atoms with E-state index in [0.717, 1.165) is 64.2 Å². The second kappa shape index (κ2) is 51.4. The molecule has 3 rings (SSSR count). The third kappa shape index (κ3) is 33.2. The molecule has 88 heavy (non-hydrogen) atoms. The average Bonchev–Trinajstić information content (AvgIpc) is 3.39. The van der Waals surface area contributed by atoms with Crippen LogP contribution in [0.5, 0.6) is 0 Å². The van der Waals surface area contributed by atoms with Crippen molar-refractivity contribution in [3.05, 3.63) is 36.5 Å². The quantitative estimate of drug-likeness (QED) is 0.0199.